The monoisotopic (exact) mass is 264 g/mol. The van der Waals surface area contributed by atoms with Gasteiger partial charge in [-0.1, -0.05) is 0 Å². The molecule has 0 nitrogen and oxygen atoms in total. The quantitative estimate of drug-likeness (QED) is 0.538. The van der Waals surface area contributed by atoms with E-state index in [1.165, 1.54) is 0 Å². The summed E-state index contributed by atoms with van der Waals surface area (Å²) in [6.45, 7) is 0. The van der Waals surface area contributed by atoms with Crippen LogP contribution in [-0.2, 0) is 76.3 Å². The van der Waals surface area contributed by atoms with E-state index in [9.17, 15) is 0 Å². The van der Waals surface area contributed by atoms with Gasteiger partial charge in [0.2, 0.25) is 0 Å². The van der Waals surface area contributed by atoms with Crippen LogP contribution in [0.3, 0.4) is 0 Å². The van der Waals surface area contributed by atoms with Gasteiger partial charge in [0.1, 0.15) is 0 Å². The maximum absolute atomic E-state index is 0. The van der Waals surface area contributed by atoms with Crippen LogP contribution in [0.4, 0.5) is 0 Å². The fourth-order valence-electron chi connectivity index (χ4n) is 0. The molecular formula is Co2MoTi. The minimum atomic E-state index is 0. The average Bonchev–Trinajstić information content (AvgIpc) is 0. The largest absolute Gasteiger partial charge is 0 e. The zero-order valence-corrected chi connectivity index (χ0v) is 7.23. The molecule has 28 valence electrons. The molecule has 0 aliphatic rings. The number of rotatable bonds is 0. The van der Waals surface area contributed by atoms with Crippen molar-refractivity contribution in [2.75, 3.05) is 0 Å². The molecule has 0 atom stereocenters. The molecule has 0 aliphatic carbocycles. The van der Waals surface area contributed by atoms with E-state index in [4.69, 9.17) is 0 Å². The maximum atomic E-state index is 0. The zero-order valence-electron chi connectivity index (χ0n) is 1.57. The second-order valence-corrected chi connectivity index (χ2v) is 0. The zero-order chi connectivity index (χ0) is 0. The van der Waals surface area contributed by atoms with Crippen molar-refractivity contribution in [3.8, 4) is 0 Å². The van der Waals surface area contributed by atoms with E-state index < -0.39 is 0 Å². The van der Waals surface area contributed by atoms with Crippen molar-refractivity contribution >= 4 is 0 Å². The van der Waals surface area contributed by atoms with Crippen LogP contribution in [0.5, 0.6) is 0 Å². The Bertz CT molecular complexity index is 6.00. The van der Waals surface area contributed by atoms with Crippen molar-refractivity contribution in [3.63, 3.8) is 0 Å². The van der Waals surface area contributed by atoms with Crippen LogP contribution in [0.1, 0.15) is 0 Å². The summed E-state index contributed by atoms with van der Waals surface area (Å²) in [4.78, 5) is 0. The molecule has 0 saturated heterocycles. The third-order valence-electron chi connectivity index (χ3n) is 0. The topological polar surface area (TPSA) is 0 Å². The molecule has 2 radical (unpaired) electrons. The van der Waals surface area contributed by atoms with Crippen LogP contribution in [0.15, 0.2) is 0 Å². The Balaban J connectivity index is 0. The van der Waals surface area contributed by atoms with Gasteiger partial charge in [0.05, 0.1) is 0 Å². The van der Waals surface area contributed by atoms with Crippen LogP contribution >= 0.6 is 0 Å². The van der Waals surface area contributed by atoms with Crippen LogP contribution < -0.4 is 0 Å². The second kappa shape index (κ2) is 18.1. The summed E-state index contributed by atoms with van der Waals surface area (Å²) in [5.41, 5.74) is 0. The molecule has 0 aliphatic heterocycles. The van der Waals surface area contributed by atoms with Gasteiger partial charge in [0.15, 0.2) is 0 Å². The van der Waals surface area contributed by atoms with E-state index in [1.807, 2.05) is 0 Å². The van der Waals surface area contributed by atoms with E-state index in [0.717, 1.165) is 0 Å². The number of hydrogen-bond donors (Lipinski definition) is 0. The molecule has 0 N–H and O–H groups in total. The third kappa shape index (κ3) is 8.83. The van der Waals surface area contributed by atoms with E-state index in [0.29, 0.717) is 0 Å². The molecule has 0 bridgehead atoms. The van der Waals surface area contributed by atoms with Crippen molar-refractivity contribution in [2.45, 2.75) is 0 Å². The maximum Gasteiger partial charge on any atom is 0 e. The van der Waals surface area contributed by atoms with Gasteiger partial charge < -0.3 is 0 Å². The van der Waals surface area contributed by atoms with Gasteiger partial charge in [-0.25, -0.2) is 0 Å². The summed E-state index contributed by atoms with van der Waals surface area (Å²) in [5.74, 6) is 0. The third-order valence-corrected chi connectivity index (χ3v) is 0. The van der Waals surface area contributed by atoms with Crippen molar-refractivity contribution < 1.29 is 76.3 Å². The van der Waals surface area contributed by atoms with Gasteiger partial charge in [0, 0.05) is 76.3 Å². The van der Waals surface area contributed by atoms with Crippen molar-refractivity contribution in [1.29, 1.82) is 0 Å². The molecule has 0 unspecified atom stereocenters. The molecule has 0 aromatic carbocycles. The first-order chi connectivity index (χ1) is 0. The van der Waals surface area contributed by atoms with Gasteiger partial charge in [-0.15, -0.1) is 0 Å². The van der Waals surface area contributed by atoms with Crippen molar-refractivity contribution in [1.82, 2.24) is 0 Å². The predicted octanol–water partition coefficient (Wildman–Crippen LogP) is -0.0100. The van der Waals surface area contributed by atoms with E-state index in [2.05, 4.69) is 0 Å². The summed E-state index contributed by atoms with van der Waals surface area (Å²) in [5, 5.41) is 0. The summed E-state index contributed by atoms with van der Waals surface area (Å²) >= 11 is 0. The van der Waals surface area contributed by atoms with Crippen molar-refractivity contribution in [3.05, 3.63) is 0 Å². The fraction of sp³-hybridized carbons (Fsp3) is 0. The van der Waals surface area contributed by atoms with Crippen LogP contribution in [-0.4, -0.2) is 0 Å². The molecule has 0 spiro atoms. The number of hydrogen-bond acceptors (Lipinski definition) is 0. The standard InChI is InChI=1S/2Co.Mo.Ti. The van der Waals surface area contributed by atoms with Crippen LogP contribution in [0.25, 0.3) is 0 Å². The van der Waals surface area contributed by atoms with Gasteiger partial charge in [0.25, 0.3) is 0 Å². The van der Waals surface area contributed by atoms with Gasteiger partial charge >= 0.3 is 0 Å². The molecule has 0 fully saturated rings. The molecule has 0 amide bonds. The molecule has 0 aromatic heterocycles. The molecule has 4 heavy (non-hydrogen) atoms. The Labute approximate surface area is 75.4 Å². The molecule has 0 aromatic rings. The first-order valence-corrected chi connectivity index (χ1v) is 0. The fourth-order valence-corrected chi connectivity index (χ4v) is 0. The summed E-state index contributed by atoms with van der Waals surface area (Å²) < 4.78 is 0. The minimum absolute atomic E-state index is 0. The first-order valence-electron chi connectivity index (χ1n) is 0. The molecular weight excluding hydrogens is 262 g/mol. The van der Waals surface area contributed by atoms with E-state index in [-0.39, 0.29) is 76.3 Å². The first kappa shape index (κ1) is 32.2. The predicted molar refractivity (Wildman–Crippen MR) is 0 cm³/mol. The Hall–Kier alpha value is 2.42. The molecule has 0 rings (SSSR count). The smallest absolute Gasteiger partial charge is 0 e. The van der Waals surface area contributed by atoms with Gasteiger partial charge in [-0.05, 0) is 0 Å². The Morgan fingerprint density at radius 1 is 0.750 bits per heavy atom. The van der Waals surface area contributed by atoms with E-state index >= 15 is 0 Å². The van der Waals surface area contributed by atoms with Crippen LogP contribution in [0.2, 0.25) is 0 Å². The SMILES string of the molecule is [Co].[Co].[Mo].[Ti]. The molecule has 0 heterocycles. The molecule has 0 saturated carbocycles. The summed E-state index contributed by atoms with van der Waals surface area (Å²) in [6, 6.07) is 0. The van der Waals surface area contributed by atoms with Gasteiger partial charge in [-0.3, -0.25) is 0 Å². The van der Waals surface area contributed by atoms with Gasteiger partial charge in [-0.2, -0.15) is 0 Å². The Kier molecular flexibility index (Phi) is 146. The van der Waals surface area contributed by atoms with Crippen LogP contribution in [0, 0.1) is 0 Å². The molecule has 4 heteroatoms. The van der Waals surface area contributed by atoms with E-state index in [1.54, 1.807) is 0 Å². The Morgan fingerprint density at radius 2 is 0.750 bits per heavy atom. The second-order valence-electron chi connectivity index (χ2n) is 0. The summed E-state index contributed by atoms with van der Waals surface area (Å²) in [7, 11) is 0. The summed E-state index contributed by atoms with van der Waals surface area (Å²) in [6.07, 6.45) is 0. The normalized spacial score (nSPS) is 0. The Morgan fingerprint density at radius 3 is 0.750 bits per heavy atom. The average molecular weight is 262 g/mol. The minimum Gasteiger partial charge on any atom is 0 e. The van der Waals surface area contributed by atoms with Crippen molar-refractivity contribution in [2.24, 2.45) is 0 Å².